The summed E-state index contributed by atoms with van der Waals surface area (Å²) in [7, 11) is 0. The molecule has 0 saturated carbocycles. The van der Waals surface area contributed by atoms with Gasteiger partial charge in [0.05, 0.1) is 23.7 Å². The zero-order chi connectivity index (χ0) is 20.1. The Morgan fingerprint density at radius 1 is 1.36 bits per heavy atom. The normalized spacial score (nSPS) is 15.7. The first-order valence-corrected chi connectivity index (χ1v) is 10.2. The summed E-state index contributed by atoms with van der Waals surface area (Å²) >= 11 is 1.64. The zero-order valence-corrected chi connectivity index (χ0v) is 17.3. The number of nitrogens with two attached hydrogens (primary N) is 1. The standard InChI is InChI=1S/C19H27N5O3S/c1-4-13-5-6-15(28-13)17(23-20)14-11-16(24-7-9-26-10-8-24)22-18(21-14)27-12-19(2,3)25/h5-6,11,25H,4,7-10,12,20H2,1-3H3. The van der Waals surface area contributed by atoms with E-state index in [4.69, 9.17) is 15.3 Å². The van der Waals surface area contributed by atoms with Crippen LogP contribution in [0.1, 0.15) is 36.2 Å². The predicted octanol–water partition coefficient (Wildman–Crippen LogP) is 1.80. The van der Waals surface area contributed by atoms with Crippen LogP contribution in [0.15, 0.2) is 23.3 Å². The van der Waals surface area contributed by atoms with Crippen LogP contribution >= 0.6 is 11.3 Å². The highest BCUT2D eigenvalue weighted by Crippen LogP contribution is 2.24. The second-order valence-electron chi connectivity index (χ2n) is 7.19. The molecule has 0 radical (unpaired) electrons. The molecule has 0 atom stereocenters. The van der Waals surface area contributed by atoms with E-state index in [0.717, 1.165) is 30.2 Å². The van der Waals surface area contributed by atoms with E-state index in [1.807, 2.05) is 12.1 Å². The van der Waals surface area contributed by atoms with Crippen molar-refractivity contribution in [1.82, 2.24) is 9.97 Å². The molecule has 0 unspecified atom stereocenters. The first-order valence-electron chi connectivity index (χ1n) is 9.34. The van der Waals surface area contributed by atoms with Crippen LogP contribution in [0.4, 0.5) is 5.82 Å². The van der Waals surface area contributed by atoms with Gasteiger partial charge in [0.15, 0.2) is 0 Å². The Bertz CT molecular complexity index is 825. The monoisotopic (exact) mass is 405 g/mol. The maximum atomic E-state index is 9.98. The Kier molecular flexibility index (Phi) is 6.48. The van der Waals surface area contributed by atoms with Crippen LogP contribution in [0.5, 0.6) is 6.01 Å². The number of nitrogens with zero attached hydrogens (tertiary/aromatic N) is 4. The third-order valence-electron chi connectivity index (χ3n) is 4.20. The van der Waals surface area contributed by atoms with Gasteiger partial charge in [-0.25, -0.2) is 0 Å². The van der Waals surface area contributed by atoms with Crippen molar-refractivity contribution in [3.8, 4) is 6.01 Å². The van der Waals surface area contributed by atoms with Gasteiger partial charge < -0.3 is 25.3 Å². The Morgan fingerprint density at radius 3 is 2.71 bits per heavy atom. The summed E-state index contributed by atoms with van der Waals surface area (Å²) < 4.78 is 11.1. The highest BCUT2D eigenvalue weighted by Gasteiger charge is 2.21. The molecule has 8 nitrogen and oxygen atoms in total. The minimum absolute atomic E-state index is 0.0765. The van der Waals surface area contributed by atoms with E-state index in [-0.39, 0.29) is 12.6 Å². The summed E-state index contributed by atoms with van der Waals surface area (Å²) in [5.74, 6) is 6.46. The van der Waals surface area contributed by atoms with Gasteiger partial charge in [-0.1, -0.05) is 6.92 Å². The Hall–Kier alpha value is -2.23. The van der Waals surface area contributed by atoms with Crippen molar-refractivity contribution < 1.29 is 14.6 Å². The van der Waals surface area contributed by atoms with Crippen LogP contribution in [-0.2, 0) is 11.2 Å². The largest absolute Gasteiger partial charge is 0.460 e. The number of anilines is 1. The molecule has 1 fully saturated rings. The van der Waals surface area contributed by atoms with E-state index >= 15 is 0 Å². The van der Waals surface area contributed by atoms with E-state index < -0.39 is 5.60 Å². The van der Waals surface area contributed by atoms with E-state index in [1.165, 1.54) is 4.88 Å². The lowest BCUT2D eigenvalue weighted by Gasteiger charge is -2.28. The fourth-order valence-electron chi connectivity index (χ4n) is 2.75. The van der Waals surface area contributed by atoms with Gasteiger partial charge in [0.2, 0.25) is 0 Å². The second kappa shape index (κ2) is 8.85. The van der Waals surface area contributed by atoms with Gasteiger partial charge in [0, 0.05) is 24.0 Å². The number of hydrazone groups is 1. The van der Waals surface area contributed by atoms with E-state index in [1.54, 1.807) is 25.2 Å². The average Bonchev–Trinajstić information content (AvgIpc) is 3.16. The molecule has 3 heterocycles. The first-order chi connectivity index (χ1) is 13.4. The lowest BCUT2D eigenvalue weighted by molar-refractivity contribution is 0.0250. The van der Waals surface area contributed by atoms with Crippen LogP contribution < -0.4 is 15.5 Å². The molecule has 0 spiro atoms. The Balaban J connectivity index is 1.97. The van der Waals surface area contributed by atoms with Gasteiger partial charge in [-0.3, -0.25) is 0 Å². The number of aromatic nitrogens is 2. The van der Waals surface area contributed by atoms with Crippen LogP contribution in [0, 0.1) is 0 Å². The molecule has 0 aromatic carbocycles. The summed E-state index contributed by atoms with van der Waals surface area (Å²) in [6, 6.07) is 6.14. The SMILES string of the molecule is CCc1ccc(C(=NN)c2cc(N3CCOCC3)nc(OCC(C)(C)O)n2)s1. The number of hydrogen-bond donors (Lipinski definition) is 2. The van der Waals surface area contributed by atoms with Gasteiger partial charge in [0.1, 0.15) is 23.8 Å². The first kappa shape index (κ1) is 20.5. The highest BCUT2D eigenvalue weighted by molar-refractivity contribution is 7.14. The topological polar surface area (TPSA) is 106 Å². The van der Waals surface area contributed by atoms with Crippen molar-refractivity contribution in [2.75, 3.05) is 37.8 Å². The number of hydrogen-bond acceptors (Lipinski definition) is 9. The summed E-state index contributed by atoms with van der Waals surface area (Å²) in [5, 5.41) is 14.0. The van der Waals surface area contributed by atoms with E-state index in [2.05, 4.69) is 33.0 Å². The van der Waals surface area contributed by atoms with Crippen molar-refractivity contribution in [2.24, 2.45) is 10.9 Å². The Labute approximate surface area is 169 Å². The number of ether oxygens (including phenoxy) is 2. The molecule has 3 rings (SSSR count). The molecule has 1 saturated heterocycles. The van der Waals surface area contributed by atoms with Gasteiger partial charge >= 0.3 is 6.01 Å². The fraction of sp³-hybridized carbons (Fsp3) is 0.526. The second-order valence-corrected chi connectivity index (χ2v) is 8.36. The average molecular weight is 406 g/mol. The number of aliphatic hydroxyl groups is 1. The summed E-state index contributed by atoms with van der Waals surface area (Å²) in [4.78, 5) is 13.3. The van der Waals surface area contributed by atoms with Crippen molar-refractivity contribution in [3.63, 3.8) is 0 Å². The van der Waals surface area contributed by atoms with Crippen LogP contribution in [0.25, 0.3) is 0 Å². The van der Waals surface area contributed by atoms with Crippen LogP contribution in [0.2, 0.25) is 0 Å². The Morgan fingerprint density at radius 2 is 2.11 bits per heavy atom. The smallest absolute Gasteiger partial charge is 0.319 e. The fourth-order valence-corrected chi connectivity index (χ4v) is 3.70. The molecule has 152 valence electrons. The molecule has 2 aromatic heterocycles. The zero-order valence-electron chi connectivity index (χ0n) is 16.5. The summed E-state index contributed by atoms with van der Waals surface area (Å²) in [5.41, 5.74) is 0.191. The molecule has 3 N–H and O–H groups in total. The molecular formula is C19H27N5O3S. The van der Waals surface area contributed by atoms with Crippen molar-refractivity contribution >= 4 is 22.9 Å². The molecule has 0 amide bonds. The van der Waals surface area contributed by atoms with Crippen LogP contribution in [-0.4, -0.2) is 59.3 Å². The van der Waals surface area contributed by atoms with Gasteiger partial charge in [-0.15, -0.1) is 11.3 Å². The summed E-state index contributed by atoms with van der Waals surface area (Å²) in [6.07, 6.45) is 0.950. The minimum Gasteiger partial charge on any atom is -0.460 e. The van der Waals surface area contributed by atoms with Crippen LogP contribution in [0.3, 0.4) is 0 Å². The maximum Gasteiger partial charge on any atom is 0.319 e. The maximum absolute atomic E-state index is 9.98. The molecule has 1 aliphatic rings. The highest BCUT2D eigenvalue weighted by atomic mass is 32.1. The molecule has 2 aromatic rings. The molecular weight excluding hydrogens is 378 g/mol. The minimum atomic E-state index is -0.993. The third-order valence-corrected chi connectivity index (χ3v) is 5.43. The predicted molar refractivity (Wildman–Crippen MR) is 110 cm³/mol. The van der Waals surface area contributed by atoms with Gasteiger partial charge in [0.25, 0.3) is 0 Å². The number of aryl methyl sites for hydroxylation is 1. The van der Waals surface area contributed by atoms with Crippen molar-refractivity contribution in [1.29, 1.82) is 0 Å². The third kappa shape index (κ3) is 5.18. The number of thiophene rings is 1. The molecule has 28 heavy (non-hydrogen) atoms. The molecule has 0 aliphatic carbocycles. The van der Waals surface area contributed by atoms with E-state index in [0.29, 0.717) is 24.6 Å². The quantitative estimate of drug-likeness (QED) is 0.411. The molecule has 0 bridgehead atoms. The van der Waals surface area contributed by atoms with E-state index in [9.17, 15) is 5.11 Å². The lowest BCUT2D eigenvalue weighted by atomic mass is 10.2. The lowest BCUT2D eigenvalue weighted by Crippen LogP contribution is -2.37. The molecule has 1 aliphatic heterocycles. The van der Waals surface area contributed by atoms with Crippen molar-refractivity contribution in [3.05, 3.63) is 33.6 Å². The van der Waals surface area contributed by atoms with Gasteiger partial charge in [-0.2, -0.15) is 15.1 Å². The van der Waals surface area contributed by atoms with Gasteiger partial charge in [-0.05, 0) is 32.4 Å². The summed E-state index contributed by atoms with van der Waals surface area (Å²) in [6.45, 7) is 8.27. The van der Waals surface area contributed by atoms with Crippen molar-refractivity contribution in [2.45, 2.75) is 32.8 Å². The molecule has 9 heteroatoms. The number of rotatable bonds is 7. The number of morpholine rings is 1.